The van der Waals surface area contributed by atoms with E-state index in [1.54, 1.807) is 6.07 Å². The average Bonchev–Trinajstić information content (AvgIpc) is 2.92. The highest BCUT2D eigenvalue weighted by atomic mass is 16.5. The Labute approximate surface area is 224 Å². The Morgan fingerprint density at radius 2 is 1.11 bits per heavy atom. The van der Waals surface area contributed by atoms with Crippen LogP contribution < -0.4 is 0 Å². The van der Waals surface area contributed by atoms with Gasteiger partial charge in [-0.15, -0.1) is 0 Å². The molecule has 0 radical (unpaired) electrons. The van der Waals surface area contributed by atoms with E-state index in [2.05, 4.69) is 88.4 Å². The van der Waals surface area contributed by atoms with E-state index in [0.29, 0.717) is 12.2 Å². The summed E-state index contributed by atoms with van der Waals surface area (Å²) in [5.74, 6) is 0.343. The number of benzene rings is 3. The first-order chi connectivity index (χ1) is 18.0. The van der Waals surface area contributed by atoms with Crippen LogP contribution in [0.15, 0.2) is 78.9 Å². The fourth-order valence-electron chi connectivity index (χ4n) is 5.04. The minimum absolute atomic E-state index is 0.0213. The van der Waals surface area contributed by atoms with E-state index in [0.717, 1.165) is 56.1 Å². The molecule has 0 spiro atoms. The number of hydrogen-bond acceptors (Lipinski definition) is 3. The normalized spacial score (nSPS) is 14.7. The summed E-state index contributed by atoms with van der Waals surface area (Å²) in [7, 11) is 0. The molecule has 3 rings (SSSR count). The van der Waals surface area contributed by atoms with Crippen molar-refractivity contribution >= 4 is 0 Å². The second-order valence-corrected chi connectivity index (χ2v) is 10.3. The third-order valence-corrected chi connectivity index (χ3v) is 7.02. The molecule has 0 saturated carbocycles. The van der Waals surface area contributed by atoms with Crippen LogP contribution in [-0.4, -0.2) is 17.3 Å². The summed E-state index contributed by atoms with van der Waals surface area (Å²) < 4.78 is 13.2. The summed E-state index contributed by atoms with van der Waals surface area (Å²) in [6.07, 6.45) is 8.16. The quantitative estimate of drug-likeness (QED) is 0.212. The number of phenols is 1. The second-order valence-electron chi connectivity index (χ2n) is 10.3. The fraction of sp³-hybridized carbons (Fsp3) is 0.471. The minimum Gasteiger partial charge on any atom is -0.508 e. The van der Waals surface area contributed by atoms with Crippen molar-refractivity contribution in [1.82, 2.24) is 0 Å². The zero-order valence-electron chi connectivity index (χ0n) is 23.2. The summed E-state index contributed by atoms with van der Waals surface area (Å²) in [6.45, 7) is 8.70. The summed E-state index contributed by atoms with van der Waals surface area (Å²) in [4.78, 5) is 0. The van der Waals surface area contributed by atoms with Crippen LogP contribution in [0.5, 0.6) is 5.75 Å². The predicted molar refractivity (Wildman–Crippen MR) is 154 cm³/mol. The number of hydrogen-bond donors (Lipinski definition) is 1. The Kier molecular flexibility index (Phi) is 12.2. The molecule has 0 bridgehead atoms. The molecule has 0 aliphatic heterocycles. The highest BCUT2D eigenvalue weighted by Crippen LogP contribution is 2.31. The molecule has 4 atom stereocenters. The lowest BCUT2D eigenvalue weighted by atomic mass is 9.96. The minimum atomic E-state index is -0.0213. The summed E-state index contributed by atoms with van der Waals surface area (Å²) >= 11 is 0. The van der Waals surface area contributed by atoms with Crippen LogP contribution >= 0.6 is 0 Å². The zero-order valence-corrected chi connectivity index (χ0v) is 23.2. The van der Waals surface area contributed by atoms with Gasteiger partial charge in [-0.2, -0.15) is 0 Å². The number of unbranched alkanes of at least 4 members (excludes halogenated alkanes) is 2. The zero-order chi connectivity index (χ0) is 26.5. The molecular formula is C34H46O3. The smallest absolute Gasteiger partial charge is 0.119 e. The van der Waals surface area contributed by atoms with Crippen molar-refractivity contribution in [3.05, 3.63) is 101 Å². The Bertz CT molecular complexity index is 1020. The van der Waals surface area contributed by atoms with Crippen molar-refractivity contribution in [2.45, 2.75) is 103 Å². The predicted octanol–water partition coefficient (Wildman–Crippen LogP) is 9.15. The third-order valence-electron chi connectivity index (χ3n) is 7.02. The molecule has 4 unspecified atom stereocenters. The van der Waals surface area contributed by atoms with Gasteiger partial charge in [0, 0.05) is 6.42 Å². The van der Waals surface area contributed by atoms with Gasteiger partial charge < -0.3 is 14.6 Å². The van der Waals surface area contributed by atoms with Crippen LogP contribution in [0.1, 0.15) is 101 Å². The van der Waals surface area contributed by atoms with Gasteiger partial charge in [-0.25, -0.2) is 0 Å². The Hall–Kier alpha value is -2.62. The number of phenolic OH excluding ortho intramolecular Hbond substituents is 1. The lowest BCUT2D eigenvalue weighted by Crippen LogP contribution is -2.20. The van der Waals surface area contributed by atoms with Crippen LogP contribution in [0.3, 0.4) is 0 Å². The first-order valence-electron chi connectivity index (χ1n) is 14.2. The van der Waals surface area contributed by atoms with E-state index in [4.69, 9.17) is 9.47 Å². The SMILES string of the molecule is CCCCC(OC(C)Cc1cccc(O)c1CC(C)OC(CCCC)c1ccccc1)c1ccccc1. The summed E-state index contributed by atoms with van der Waals surface area (Å²) in [5.41, 5.74) is 4.56. The van der Waals surface area contributed by atoms with Crippen LogP contribution in [0.2, 0.25) is 0 Å². The van der Waals surface area contributed by atoms with Gasteiger partial charge in [0.2, 0.25) is 0 Å². The van der Waals surface area contributed by atoms with Crippen molar-refractivity contribution in [2.24, 2.45) is 0 Å². The van der Waals surface area contributed by atoms with E-state index in [1.165, 1.54) is 11.1 Å². The molecule has 0 amide bonds. The average molecular weight is 503 g/mol. The largest absolute Gasteiger partial charge is 0.508 e. The van der Waals surface area contributed by atoms with E-state index < -0.39 is 0 Å². The second kappa shape index (κ2) is 15.6. The topological polar surface area (TPSA) is 38.7 Å². The van der Waals surface area contributed by atoms with Gasteiger partial charge in [-0.05, 0) is 61.4 Å². The molecule has 3 aromatic carbocycles. The first-order valence-corrected chi connectivity index (χ1v) is 14.2. The van der Waals surface area contributed by atoms with Gasteiger partial charge >= 0.3 is 0 Å². The van der Waals surface area contributed by atoms with Gasteiger partial charge in [-0.3, -0.25) is 0 Å². The number of rotatable bonds is 16. The molecule has 200 valence electrons. The molecule has 3 aromatic rings. The molecular weight excluding hydrogens is 456 g/mol. The van der Waals surface area contributed by atoms with E-state index in [-0.39, 0.29) is 24.4 Å². The van der Waals surface area contributed by atoms with E-state index >= 15 is 0 Å². The monoisotopic (exact) mass is 502 g/mol. The third kappa shape index (κ3) is 9.32. The van der Waals surface area contributed by atoms with Crippen molar-refractivity contribution in [3.8, 4) is 5.75 Å². The van der Waals surface area contributed by atoms with Crippen LogP contribution in [0, 0.1) is 0 Å². The molecule has 3 nitrogen and oxygen atoms in total. The first kappa shape index (κ1) is 28.9. The number of aromatic hydroxyl groups is 1. The van der Waals surface area contributed by atoms with Crippen molar-refractivity contribution in [1.29, 1.82) is 0 Å². The molecule has 0 aromatic heterocycles. The Morgan fingerprint density at radius 3 is 1.59 bits per heavy atom. The summed E-state index contributed by atoms with van der Waals surface area (Å²) in [5, 5.41) is 10.8. The highest BCUT2D eigenvalue weighted by Gasteiger charge is 2.21. The van der Waals surface area contributed by atoms with E-state index in [1.807, 2.05) is 12.1 Å². The lowest BCUT2D eigenvalue weighted by molar-refractivity contribution is -0.0118. The molecule has 0 saturated heterocycles. The van der Waals surface area contributed by atoms with Gasteiger partial charge in [0.25, 0.3) is 0 Å². The summed E-state index contributed by atoms with van der Waals surface area (Å²) in [6, 6.07) is 26.9. The Morgan fingerprint density at radius 1 is 0.622 bits per heavy atom. The number of ether oxygens (including phenoxy) is 2. The molecule has 0 heterocycles. The lowest BCUT2D eigenvalue weighted by Gasteiger charge is -2.26. The maximum absolute atomic E-state index is 10.8. The molecule has 0 aliphatic rings. The Balaban J connectivity index is 1.69. The van der Waals surface area contributed by atoms with Gasteiger partial charge in [-0.1, -0.05) is 112 Å². The van der Waals surface area contributed by atoms with Gasteiger partial charge in [0.05, 0.1) is 24.4 Å². The molecule has 37 heavy (non-hydrogen) atoms. The molecule has 0 fully saturated rings. The van der Waals surface area contributed by atoms with Crippen LogP contribution in [-0.2, 0) is 22.3 Å². The molecule has 3 heteroatoms. The fourth-order valence-corrected chi connectivity index (χ4v) is 5.04. The molecule has 1 N–H and O–H groups in total. The van der Waals surface area contributed by atoms with Crippen LogP contribution in [0.25, 0.3) is 0 Å². The highest BCUT2D eigenvalue weighted by molar-refractivity contribution is 5.40. The maximum atomic E-state index is 10.8. The van der Waals surface area contributed by atoms with Crippen molar-refractivity contribution < 1.29 is 14.6 Å². The van der Waals surface area contributed by atoms with Gasteiger partial charge in [0.15, 0.2) is 0 Å². The standard InChI is InChI=1S/C34H46O3/c1-5-7-22-33(28-16-11-9-12-17-28)36-26(3)24-30-20-15-21-32(35)31(30)25-27(4)37-34(23-8-6-2)29-18-13-10-14-19-29/h9-21,26-27,33-35H,5-8,22-25H2,1-4H3. The van der Waals surface area contributed by atoms with Crippen molar-refractivity contribution in [2.75, 3.05) is 0 Å². The van der Waals surface area contributed by atoms with Gasteiger partial charge in [0.1, 0.15) is 5.75 Å². The maximum Gasteiger partial charge on any atom is 0.119 e. The van der Waals surface area contributed by atoms with Crippen LogP contribution in [0.4, 0.5) is 0 Å². The van der Waals surface area contributed by atoms with Crippen molar-refractivity contribution in [3.63, 3.8) is 0 Å². The molecule has 0 aliphatic carbocycles. The van der Waals surface area contributed by atoms with E-state index in [9.17, 15) is 5.11 Å².